The second kappa shape index (κ2) is 10.9. The Hall–Kier alpha value is -1.71. The van der Waals surface area contributed by atoms with Gasteiger partial charge in [0.15, 0.2) is 0 Å². The van der Waals surface area contributed by atoms with Gasteiger partial charge in [0.1, 0.15) is 0 Å². The summed E-state index contributed by atoms with van der Waals surface area (Å²) < 4.78 is 0. The number of hydrogen-bond donors (Lipinski definition) is 1. The predicted octanol–water partition coefficient (Wildman–Crippen LogP) is 4.86. The normalized spacial score (nSPS) is 12.2. The van der Waals surface area contributed by atoms with Crippen molar-refractivity contribution < 1.29 is 0 Å². The van der Waals surface area contributed by atoms with Crippen LogP contribution in [-0.4, -0.2) is 18.5 Å². The van der Waals surface area contributed by atoms with Crippen molar-refractivity contribution in [2.24, 2.45) is 0 Å². The highest BCUT2D eigenvalue weighted by Crippen LogP contribution is 2.13. The van der Waals surface area contributed by atoms with E-state index in [-0.39, 0.29) is 0 Å². The van der Waals surface area contributed by atoms with Crippen molar-refractivity contribution >= 4 is 22.8 Å². The molecule has 0 bridgehead atoms. The van der Waals surface area contributed by atoms with Crippen LogP contribution < -0.4 is 10.4 Å². The lowest BCUT2D eigenvalue weighted by Crippen LogP contribution is -2.35. The molecule has 0 heterocycles. The van der Waals surface area contributed by atoms with Gasteiger partial charge in [0, 0.05) is 18.5 Å². The van der Waals surface area contributed by atoms with E-state index in [9.17, 15) is 0 Å². The number of hydrazine groups is 1. The van der Waals surface area contributed by atoms with Crippen LogP contribution in [0.15, 0.2) is 66.3 Å². The smallest absolute Gasteiger partial charge is 0.0519 e. The summed E-state index contributed by atoms with van der Waals surface area (Å²) >= 11 is 5.07. The molecule has 3 heteroatoms. The molecule has 22 heavy (non-hydrogen) atoms. The molecule has 1 N–H and O–H groups in total. The maximum atomic E-state index is 5.07. The average molecular weight is 314 g/mol. The minimum atomic E-state index is 0.899. The number of rotatable bonds is 9. The first kappa shape index (κ1) is 18.3. The molecule has 118 valence electrons. The summed E-state index contributed by atoms with van der Waals surface area (Å²) in [5.41, 5.74) is 5.72. The summed E-state index contributed by atoms with van der Waals surface area (Å²) in [5, 5.41) is 2.15. The number of thiocarbonyl (C=S) groups is 1. The second-order valence-electron chi connectivity index (χ2n) is 4.98. The van der Waals surface area contributed by atoms with Crippen LogP contribution in [0.1, 0.15) is 26.7 Å². The molecule has 0 saturated carbocycles. The standard InChI is InChI=1S/C19H26N2S/c1-4-5-11-18(12-9-10-17(2)22)15-16-21(20-3)19-13-7-6-8-14-19/h5-14,20H,4,15-16H2,1-3H3/b10-9-,11-5+,18-12-. The predicted molar refractivity (Wildman–Crippen MR) is 102 cm³/mol. The van der Waals surface area contributed by atoms with Crippen molar-refractivity contribution in [2.45, 2.75) is 26.7 Å². The fourth-order valence-electron chi connectivity index (χ4n) is 2.02. The number of hydrogen-bond acceptors (Lipinski definition) is 3. The molecule has 0 saturated heterocycles. The Kier molecular flexibility index (Phi) is 9.12. The molecular weight excluding hydrogens is 288 g/mol. The minimum absolute atomic E-state index is 0.899. The van der Waals surface area contributed by atoms with Gasteiger partial charge in [-0.2, -0.15) is 0 Å². The molecule has 2 nitrogen and oxygen atoms in total. The van der Waals surface area contributed by atoms with E-state index >= 15 is 0 Å². The fraction of sp³-hybridized carbons (Fsp3) is 0.316. The molecule has 0 aromatic heterocycles. The van der Waals surface area contributed by atoms with Gasteiger partial charge in [-0.1, -0.05) is 61.6 Å². The maximum Gasteiger partial charge on any atom is 0.0519 e. The van der Waals surface area contributed by atoms with E-state index < -0.39 is 0 Å². The molecule has 1 aromatic carbocycles. The Morgan fingerprint density at radius 2 is 1.95 bits per heavy atom. The van der Waals surface area contributed by atoms with Crippen LogP contribution in [0.4, 0.5) is 5.69 Å². The van der Waals surface area contributed by atoms with E-state index in [0.29, 0.717) is 0 Å². The summed E-state index contributed by atoms with van der Waals surface area (Å²) in [4.78, 5) is 0.899. The van der Waals surface area contributed by atoms with Crippen LogP contribution >= 0.6 is 12.2 Å². The Morgan fingerprint density at radius 3 is 2.55 bits per heavy atom. The Morgan fingerprint density at radius 1 is 1.23 bits per heavy atom. The van der Waals surface area contributed by atoms with Crippen molar-refractivity contribution in [3.05, 3.63) is 66.3 Å². The number of anilines is 1. The van der Waals surface area contributed by atoms with E-state index in [0.717, 1.165) is 24.3 Å². The Bertz CT molecular complexity index is 530. The van der Waals surface area contributed by atoms with Gasteiger partial charge in [0.25, 0.3) is 0 Å². The third-order valence-corrected chi connectivity index (χ3v) is 3.31. The average Bonchev–Trinajstić information content (AvgIpc) is 2.53. The molecule has 0 unspecified atom stereocenters. The largest absolute Gasteiger partial charge is 0.308 e. The monoisotopic (exact) mass is 314 g/mol. The van der Waals surface area contributed by atoms with E-state index in [1.165, 1.54) is 11.3 Å². The van der Waals surface area contributed by atoms with E-state index in [2.05, 4.69) is 59.9 Å². The van der Waals surface area contributed by atoms with Crippen LogP contribution in [0.5, 0.6) is 0 Å². The van der Waals surface area contributed by atoms with Crippen molar-refractivity contribution in [1.29, 1.82) is 0 Å². The van der Waals surface area contributed by atoms with E-state index in [1.807, 2.05) is 32.2 Å². The molecule has 0 radical (unpaired) electrons. The first-order chi connectivity index (χ1) is 10.7. The van der Waals surface area contributed by atoms with Gasteiger partial charge in [-0.05, 0) is 43.5 Å². The van der Waals surface area contributed by atoms with Gasteiger partial charge in [0.05, 0.1) is 5.69 Å². The Balaban J connectivity index is 2.72. The molecule has 0 atom stereocenters. The van der Waals surface area contributed by atoms with Gasteiger partial charge >= 0.3 is 0 Å². The second-order valence-corrected chi connectivity index (χ2v) is 5.63. The SMILES string of the molecule is CC/C=C/C(=C/C=C\C(C)=S)CCN(NC)c1ccccc1. The lowest BCUT2D eigenvalue weighted by Gasteiger charge is -2.23. The maximum absolute atomic E-state index is 5.07. The quantitative estimate of drug-likeness (QED) is 0.303. The van der Waals surface area contributed by atoms with Crippen molar-refractivity contribution in [3.63, 3.8) is 0 Å². The van der Waals surface area contributed by atoms with Crippen LogP contribution in [-0.2, 0) is 0 Å². The van der Waals surface area contributed by atoms with Gasteiger partial charge in [-0.15, -0.1) is 0 Å². The molecule has 0 spiro atoms. The molecule has 0 amide bonds. The summed E-state index contributed by atoms with van der Waals surface area (Å²) in [6.07, 6.45) is 12.5. The molecule has 1 aromatic rings. The zero-order valence-electron chi connectivity index (χ0n) is 13.8. The zero-order chi connectivity index (χ0) is 16.2. The van der Waals surface area contributed by atoms with E-state index in [4.69, 9.17) is 12.2 Å². The first-order valence-corrected chi connectivity index (χ1v) is 8.12. The topological polar surface area (TPSA) is 15.3 Å². The molecule has 0 aliphatic rings. The number of para-hydroxylation sites is 1. The van der Waals surface area contributed by atoms with Crippen LogP contribution in [0, 0.1) is 0 Å². The van der Waals surface area contributed by atoms with Crippen molar-refractivity contribution in [1.82, 2.24) is 5.43 Å². The van der Waals surface area contributed by atoms with Gasteiger partial charge < -0.3 is 5.01 Å². The highest BCUT2D eigenvalue weighted by molar-refractivity contribution is 7.80. The number of nitrogens with zero attached hydrogens (tertiary/aromatic N) is 1. The fourth-order valence-corrected chi connectivity index (χ4v) is 2.10. The summed E-state index contributed by atoms with van der Waals surface area (Å²) in [6.45, 7) is 4.99. The van der Waals surface area contributed by atoms with E-state index in [1.54, 1.807) is 0 Å². The molecule has 0 aliphatic heterocycles. The number of allylic oxidation sites excluding steroid dienone is 5. The van der Waals surface area contributed by atoms with Crippen molar-refractivity contribution in [2.75, 3.05) is 18.6 Å². The minimum Gasteiger partial charge on any atom is -0.308 e. The molecule has 0 fully saturated rings. The molecular formula is C19H26N2S. The highest BCUT2D eigenvalue weighted by Gasteiger charge is 2.03. The van der Waals surface area contributed by atoms with Gasteiger partial charge in [0.2, 0.25) is 0 Å². The summed E-state index contributed by atoms with van der Waals surface area (Å²) in [6, 6.07) is 10.4. The third-order valence-electron chi connectivity index (χ3n) is 3.17. The van der Waals surface area contributed by atoms with Gasteiger partial charge in [-0.3, -0.25) is 0 Å². The summed E-state index contributed by atoms with van der Waals surface area (Å²) in [7, 11) is 1.95. The highest BCUT2D eigenvalue weighted by atomic mass is 32.1. The summed E-state index contributed by atoms with van der Waals surface area (Å²) in [5.74, 6) is 0. The third kappa shape index (κ3) is 7.34. The van der Waals surface area contributed by atoms with Crippen LogP contribution in [0.25, 0.3) is 0 Å². The first-order valence-electron chi connectivity index (χ1n) is 7.71. The number of nitrogens with one attached hydrogen (secondary N) is 1. The van der Waals surface area contributed by atoms with Crippen molar-refractivity contribution in [3.8, 4) is 0 Å². The molecule has 1 rings (SSSR count). The lowest BCUT2D eigenvalue weighted by molar-refractivity contribution is 0.697. The molecule has 0 aliphatic carbocycles. The van der Waals surface area contributed by atoms with Crippen LogP contribution in [0.2, 0.25) is 0 Å². The lowest BCUT2D eigenvalue weighted by atomic mass is 10.1. The Labute approximate surface area is 140 Å². The van der Waals surface area contributed by atoms with Gasteiger partial charge in [-0.25, -0.2) is 5.43 Å². The van der Waals surface area contributed by atoms with Crippen LogP contribution in [0.3, 0.4) is 0 Å². The zero-order valence-corrected chi connectivity index (χ0v) is 14.6. The number of benzene rings is 1.